The summed E-state index contributed by atoms with van der Waals surface area (Å²) in [6.45, 7) is 7.40. The SMILES string of the molecule is CC(O)C1CCN(C(=O)C2(C)CCCNC2)CC1. The molecule has 2 unspecified atom stereocenters. The topological polar surface area (TPSA) is 52.6 Å². The lowest BCUT2D eigenvalue weighted by Crippen LogP contribution is -2.52. The number of aliphatic hydroxyl groups excluding tert-OH is 1. The van der Waals surface area contributed by atoms with E-state index in [0.29, 0.717) is 11.8 Å². The molecule has 0 aromatic heterocycles. The summed E-state index contributed by atoms with van der Waals surface area (Å²) >= 11 is 0. The van der Waals surface area contributed by atoms with E-state index in [1.165, 1.54) is 0 Å². The van der Waals surface area contributed by atoms with Gasteiger partial charge in [0.25, 0.3) is 0 Å². The van der Waals surface area contributed by atoms with Crippen molar-refractivity contribution in [2.45, 2.75) is 45.6 Å². The molecule has 2 aliphatic rings. The molecule has 2 rings (SSSR count). The third-order valence-electron chi connectivity index (χ3n) is 4.62. The first-order valence-electron chi connectivity index (χ1n) is 7.21. The Kier molecular flexibility index (Phi) is 4.28. The molecule has 0 radical (unpaired) electrons. The normalized spacial score (nSPS) is 32.3. The lowest BCUT2D eigenvalue weighted by Gasteiger charge is -2.40. The van der Waals surface area contributed by atoms with Crippen molar-refractivity contribution in [1.82, 2.24) is 10.2 Å². The zero-order valence-electron chi connectivity index (χ0n) is 11.6. The average molecular weight is 254 g/mol. The lowest BCUT2D eigenvalue weighted by atomic mass is 9.80. The second kappa shape index (κ2) is 5.57. The Morgan fingerprint density at radius 2 is 2.11 bits per heavy atom. The highest BCUT2D eigenvalue weighted by molar-refractivity contribution is 5.82. The van der Waals surface area contributed by atoms with Crippen LogP contribution in [0.3, 0.4) is 0 Å². The van der Waals surface area contributed by atoms with Gasteiger partial charge in [-0.15, -0.1) is 0 Å². The van der Waals surface area contributed by atoms with Crippen molar-refractivity contribution in [2.75, 3.05) is 26.2 Å². The Hall–Kier alpha value is -0.610. The molecule has 2 fully saturated rings. The van der Waals surface area contributed by atoms with Gasteiger partial charge in [-0.2, -0.15) is 0 Å². The van der Waals surface area contributed by atoms with Gasteiger partial charge in [-0.1, -0.05) is 0 Å². The fourth-order valence-electron chi connectivity index (χ4n) is 3.21. The van der Waals surface area contributed by atoms with Gasteiger partial charge in [0.2, 0.25) is 5.91 Å². The van der Waals surface area contributed by atoms with Crippen LogP contribution in [0.15, 0.2) is 0 Å². The summed E-state index contributed by atoms with van der Waals surface area (Å²) in [4.78, 5) is 14.6. The number of carbonyl (C=O) groups is 1. The molecule has 1 amide bonds. The molecule has 0 aliphatic carbocycles. The molecular weight excluding hydrogens is 228 g/mol. The van der Waals surface area contributed by atoms with E-state index in [9.17, 15) is 9.90 Å². The van der Waals surface area contributed by atoms with Crippen molar-refractivity contribution in [2.24, 2.45) is 11.3 Å². The number of hydrogen-bond donors (Lipinski definition) is 2. The lowest BCUT2D eigenvalue weighted by molar-refractivity contribution is -0.144. The number of piperidine rings is 2. The minimum atomic E-state index is -0.241. The van der Waals surface area contributed by atoms with E-state index in [2.05, 4.69) is 12.2 Å². The molecule has 4 heteroatoms. The van der Waals surface area contributed by atoms with E-state index in [-0.39, 0.29) is 11.5 Å². The zero-order chi connectivity index (χ0) is 13.2. The van der Waals surface area contributed by atoms with Gasteiger partial charge in [0.15, 0.2) is 0 Å². The Morgan fingerprint density at radius 3 is 2.61 bits per heavy atom. The predicted molar refractivity (Wildman–Crippen MR) is 71.2 cm³/mol. The third-order valence-corrected chi connectivity index (χ3v) is 4.62. The van der Waals surface area contributed by atoms with E-state index in [1.54, 1.807) is 0 Å². The van der Waals surface area contributed by atoms with Gasteiger partial charge in [-0.3, -0.25) is 4.79 Å². The number of amides is 1. The van der Waals surface area contributed by atoms with Crippen molar-refractivity contribution < 1.29 is 9.90 Å². The first-order valence-corrected chi connectivity index (χ1v) is 7.21. The van der Waals surface area contributed by atoms with Gasteiger partial charge < -0.3 is 15.3 Å². The highest BCUT2D eigenvalue weighted by Gasteiger charge is 2.39. The van der Waals surface area contributed by atoms with Gasteiger partial charge >= 0.3 is 0 Å². The molecule has 104 valence electrons. The molecule has 0 bridgehead atoms. The number of hydrogen-bond acceptors (Lipinski definition) is 3. The fourth-order valence-corrected chi connectivity index (χ4v) is 3.21. The molecule has 0 saturated carbocycles. The summed E-state index contributed by atoms with van der Waals surface area (Å²) < 4.78 is 0. The number of aliphatic hydroxyl groups is 1. The van der Waals surface area contributed by atoms with Crippen molar-refractivity contribution in [3.05, 3.63) is 0 Å². The zero-order valence-corrected chi connectivity index (χ0v) is 11.6. The summed E-state index contributed by atoms with van der Waals surface area (Å²) in [5.41, 5.74) is -0.212. The van der Waals surface area contributed by atoms with Gasteiger partial charge in [0, 0.05) is 19.6 Å². The fraction of sp³-hybridized carbons (Fsp3) is 0.929. The Labute approximate surface area is 110 Å². The largest absolute Gasteiger partial charge is 0.393 e. The molecule has 0 aromatic rings. The third kappa shape index (κ3) is 2.86. The average Bonchev–Trinajstić information content (AvgIpc) is 2.39. The first-order chi connectivity index (χ1) is 8.53. The Morgan fingerprint density at radius 1 is 1.44 bits per heavy atom. The van der Waals surface area contributed by atoms with Crippen LogP contribution in [0.1, 0.15) is 39.5 Å². The molecule has 2 saturated heterocycles. The van der Waals surface area contributed by atoms with E-state index in [0.717, 1.165) is 51.9 Å². The minimum absolute atomic E-state index is 0.212. The van der Waals surface area contributed by atoms with Crippen LogP contribution in [0.25, 0.3) is 0 Å². The standard InChI is InChI=1S/C14H26N2O2/c1-11(17)12-4-8-16(9-5-12)13(18)14(2)6-3-7-15-10-14/h11-12,15,17H,3-10H2,1-2H3. The van der Waals surface area contributed by atoms with Crippen LogP contribution in [0.2, 0.25) is 0 Å². The van der Waals surface area contributed by atoms with Crippen molar-refractivity contribution in [3.8, 4) is 0 Å². The highest BCUT2D eigenvalue weighted by atomic mass is 16.3. The maximum Gasteiger partial charge on any atom is 0.229 e. The van der Waals surface area contributed by atoms with E-state index >= 15 is 0 Å². The maximum atomic E-state index is 12.6. The van der Waals surface area contributed by atoms with Crippen molar-refractivity contribution in [1.29, 1.82) is 0 Å². The number of nitrogens with one attached hydrogen (secondary N) is 1. The van der Waals surface area contributed by atoms with Crippen LogP contribution >= 0.6 is 0 Å². The second-order valence-electron chi connectivity index (χ2n) is 6.21. The summed E-state index contributed by atoms with van der Waals surface area (Å²) in [6, 6.07) is 0. The summed E-state index contributed by atoms with van der Waals surface area (Å²) in [7, 11) is 0. The van der Waals surface area contributed by atoms with Crippen LogP contribution in [-0.4, -0.2) is 48.2 Å². The van der Waals surface area contributed by atoms with Crippen LogP contribution < -0.4 is 5.32 Å². The van der Waals surface area contributed by atoms with Gasteiger partial charge in [-0.05, 0) is 52.0 Å². The van der Waals surface area contributed by atoms with Crippen molar-refractivity contribution >= 4 is 5.91 Å². The smallest absolute Gasteiger partial charge is 0.229 e. The van der Waals surface area contributed by atoms with Gasteiger partial charge in [0.1, 0.15) is 0 Å². The molecule has 2 atom stereocenters. The van der Waals surface area contributed by atoms with Gasteiger partial charge in [-0.25, -0.2) is 0 Å². The molecule has 4 nitrogen and oxygen atoms in total. The molecule has 0 spiro atoms. The van der Waals surface area contributed by atoms with Crippen LogP contribution in [-0.2, 0) is 4.79 Å². The molecule has 0 aromatic carbocycles. The molecular formula is C14H26N2O2. The van der Waals surface area contributed by atoms with Crippen molar-refractivity contribution in [3.63, 3.8) is 0 Å². The first kappa shape index (κ1) is 13.8. The van der Waals surface area contributed by atoms with Gasteiger partial charge in [0.05, 0.1) is 11.5 Å². The summed E-state index contributed by atoms with van der Waals surface area (Å²) in [5, 5.41) is 12.9. The van der Waals surface area contributed by atoms with Crippen LogP contribution in [0.5, 0.6) is 0 Å². The van der Waals surface area contributed by atoms with Crippen LogP contribution in [0.4, 0.5) is 0 Å². The Balaban J connectivity index is 1.90. The van der Waals surface area contributed by atoms with E-state index < -0.39 is 0 Å². The predicted octanol–water partition coefficient (Wildman–Crippen LogP) is 0.995. The molecule has 2 N–H and O–H groups in total. The highest BCUT2D eigenvalue weighted by Crippen LogP contribution is 2.30. The summed E-state index contributed by atoms with van der Waals surface area (Å²) in [5.74, 6) is 0.671. The number of rotatable bonds is 2. The summed E-state index contributed by atoms with van der Waals surface area (Å²) in [6.07, 6.45) is 3.72. The molecule has 18 heavy (non-hydrogen) atoms. The monoisotopic (exact) mass is 254 g/mol. The second-order valence-corrected chi connectivity index (χ2v) is 6.21. The molecule has 2 aliphatic heterocycles. The number of likely N-dealkylation sites (tertiary alicyclic amines) is 1. The molecule has 2 heterocycles. The number of nitrogens with zero attached hydrogens (tertiary/aromatic N) is 1. The maximum absolute atomic E-state index is 12.6. The minimum Gasteiger partial charge on any atom is -0.393 e. The quantitative estimate of drug-likeness (QED) is 0.773. The van der Waals surface area contributed by atoms with Crippen LogP contribution in [0, 0.1) is 11.3 Å². The van der Waals surface area contributed by atoms with E-state index in [1.807, 2.05) is 11.8 Å². The Bertz CT molecular complexity index is 290. The van der Waals surface area contributed by atoms with E-state index in [4.69, 9.17) is 0 Å². The number of carbonyl (C=O) groups excluding carboxylic acids is 1.